The monoisotopic (exact) mass is 330 g/mol. The van der Waals surface area contributed by atoms with Crippen molar-refractivity contribution in [1.29, 1.82) is 0 Å². The number of likely N-dealkylation sites (tertiary alicyclic amines) is 1. The Labute approximate surface area is 133 Å². The molecule has 5 nitrogen and oxygen atoms in total. The van der Waals surface area contributed by atoms with Crippen molar-refractivity contribution in [3.05, 3.63) is 33.8 Å². The van der Waals surface area contributed by atoms with Gasteiger partial charge in [0, 0.05) is 24.7 Å². The lowest BCUT2D eigenvalue weighted by Crippen LogP contribution is -2.37. The largest absolute Gasteiger partial charge is 0.453 e. The molecule has 7 heteroatoms. The van der Waals surface area contributed by atoms with Gasteiger partial charge in [0.15, 0.2) is 5.78 Å². The number of nitrogens with zero attached hydrogens (tertiary/aromatic N) is 1. The molecular weight excluding hydrogens is 315 g/mol. The van der Waals surface area contributed by atoms with Crippen LogP contribution in [0.25, 0.3) is 0 Å². The Balaban J connectivity index is 1.89. The molecule has 0 radical (unpaired) electrons. The molecule has 1 aromatic carbocycles. The number of ketones is 1. The SMILES string of the molecule is COC(=O)NC1CCN(CC(=O)c2ccc(Cl)c(Cl)c2)C1. The molecule has 1 aliphatic rings. The predicted octanol–water partition coefficient (Wildman–Crippen LogP) is 2.61. The number of methoxy groups -OCH3 is 1. The molecule has 1 saturated heterocycles. The fourth-order valence-electron chi connectivity index (χ4n) is 2.28. The summed E-state index contributed by atoms with van der Waals surface area (Å²) in [5, 5.41) is 3.53. The number of carbonyl (C=O) groups is 2. The second-order valence-electron chi connectivity index (χ2n) is 4.91. The summed E-state index contributed by atoms with van der Waals surface area (Å²) in [5.41, 5.74) is 0.536. The van der Waals surface area contributed by atoms with Gasteiger partial charge in [-0.25, -0.2) is 4.79 Å². The molecule has 1 unspecified atom stereocenters. The van der Waals surface area contributed by atoms with Crippen molar-refractivity contribution < 1.29 is 14.3 Å². The highest BCUT2D eigenvalue weighted by Gasteiger charge is 2.25. The maximum Gasteiger partial charge on any atom is 0.407 e. The van der Waals surface area contributed by atoms with E-state index in [1.54, 1.807) is 18.2 Å². The van der Waals surface area contributed by atoms with E-state index in [1.807, 2.05) is 4.90 Å². The number of hydrogen-bond donors (Lipinski definition) is 1. The van der Waals surface area contributed by atoms with Crippen LogP contribution in [-0.2, 0) is 4.74 Å². The zero-order valence-electron chi connectivity index (χ0n) is 11.6. The first-order valence-corrected chi connectivity index (χ1v) is 7.30. The van der Waals surface area contributed by atoms with Gasteiger partial charge in [0.1, 0.15) is 0 Å². The Hall–Kier alpha value is -1.30. The molecule has 1 amide bonds. The van der Waals surface area contributed by atoms with E-state index in [0.717, 1.165) is 13.0 Å². The minimum atomic E-state index is -0.447. The Morgan fingerprint density at radius 3 is 2.81 bits per heavy atom. The van der Waals surface area contributed by atoms with E-state index in [-0.39, 0.29) is 18.4 Å². The molecule has 0 saturated carbocycles. The van der Waals surface area contributed by atoms with Gasteiger partial charge in [-0.15, -0.1) is 0 Å². The lowest BCUT2D eigenvalue weighted by atomic mass is 10.1. The molecule has 2 rings (SSSR count). The van der Waals surface area contributed by atoms with Crippen LogP contribution in [0.4, 0.5) is 4.79 Å². The standard InChI is InChI=1S/C14H16Cl2N2O3/c1-21-14(20)17-10-4-5-18(7-10)8-13(19)9-2-3-11(15)12(16)6-9/h2-3,6,10H,4-5,7-8H2,1H3,(H,17,20). The molecule has 1 fully saturated rings. The third-order valence-electron chi connectivity index (χ3n) is 3.39. The summed E-state index contributed by atoms with van der Waals surface area (Å²) in [5.74, 6) is -0.0210. The van der Waals surface area contributed by atoms with Crippen LogP contribution >= 0.6 is 23.2 Å². The lowest BCUT2D eigenvalue weighted by molar-refractivity contribution is 0.0944. The van der Waals surface area contributed by atoms with Gasteiger partial charge < -0.3 is 10.1 Å². The number of carbonyl (C=O) groups excluding carboxylic acids is 2. The lowest BCUT2D eigenvalue weighted by Gasteiger charge is -2.15. The maximum absolute atomic E-state index is 12.2. The van der Waals surface area contributed by atoms with E-state index in [1.165, 1.54) is 7.11 Å². The number of rotatable bonds is 4. The van der Waals surface area contributed by atoms with Gasteiger partial charge in [0.2, 0.25) is 0 Å². The van der Waals surface area contributed by atoms with E-state index in [4.69, 9.17) is 23.2 Å². The van der Waals surface area contributed by atoms with Crippen molar-refractivity contribution in [2.75, 3.05) is 26.7 Å². The zero-order valence-corrected chi connectivity index (χ0v) is 13.1. The van der Waals surface area contributed by atoms with Crippen LogP contribution in [0.1, 0.15) is 16.8 Å². The third-order valence-corrected chi connectivity index (χ3v) is 4.13. The number of benzene rings is 1. The number of Topliss-reactive ketones (excluding diaryl/α,β-unsaturated/α-hetero) is 1. The second-order valence-corrected chi connectivity index (χ2v) is 5.72. The van der Waals surface area contributed by atoms with Gasteiger partial charge in [-0.3, -0.25) is 9.69 Å². The molecule has 0 aromatic heterocycles. The van der Waals surface area contributed by atoms with Crippen LogP contribution in [0.5, 0.6) is 0 Å². The van der Waals surface area contributed by atoms with E-state index < -0.39 is 6.09 Å². The smallest absolute Gasteiger partial charge is 0.407 e. The van der Waals surface area contributed by atoms with Crippen LogP contribution in [0.15, 0.2) is 18.2 Å². The maximum atomic E-state index is 12.2. The summed E-state index contributed by atoms with van der Waals surface area (Å²) in [4.78, 5) is 25.3. The molecule has 1 N–H and O–H groups in total. The number of alkyl carbamates (subject to hydrolysis) is 1. The van der Waals surface area contributed by atoms with Crippen molar-refractivity contribution in [1.82, 2.24) is 10.2 Å². The van der Waals surface area contributed by atoms with Crippen molar-refractivity contribution in [3.63, 3.8) is 0 Å². The molecule has 114 valence electrons. The number of amides is 1. The zero-order chi connectivity index (χ0) is 15.4. The molecule has 0 aliphatic carbocycles. The molecule has 0 bridgehead atoms. The molecule has 1 aromatic rings. The van der Waals surface area contributed by atoms with Crippen LogP contribution in [0.2, 0.25) is 10.0 Å². The first-order chi connectivity index (χ1) is 9.99. The molecule has 1 heterocycles. The van der Waals surface area contributed by atoms with Gasteiger partial charge in [0.25, 0.3) is 0 Å². The quantitative estimate of drug-likeness (QED) is 0.862. The van der Waals surface area contributed by atoms with Gasteiger partial charge in [-0.1, -0.05) is 23.2 Å². The summed E-state index contributed by atoms with van der Waals surface area (Å²) in [7, 11) is 1.33. The fraction of sp³-hybridized carbons (Fsp3) is 0.429. The summed E-state index contributed by atoms with van der Waals surface area (Å²) in [6.45, 7) is 1.67. The van der Waals surface area contributed by atoms with Gasteiger partial charge in [-0.2, -0.15) is 0 Å². The first kappa shape index (κ1) is 16.1. The van der Waals surface area contributed by atoms with E-state index in [0.29, 0.717) is 22.2 Å². The van der Waals surface area contributed by atoms with E-state index >= 15 is 0 Å². The Morgan fingerprint density at radius 1 is 1.38 bits per heavy atom. The number of ether oxygens (including phenoxy) is 1. The minimum Gasteiger partial charge on any atom is -0.453 e. The van der Waals surface area contributed by atoms with Crippen LogP contribution in [0, 0.1) is 0 Å². The van der Waals surface area contributed by atoms with Crippen molar-refractivity contribution >= 4 is 35.1 Å². The summed E-state index contributed by atoms with van der Waals surface area (Å²) >= 11 is 11.7. The molecule has 1 aliphatic heterocycles. The summed E-state index contributed by atoms with van der Waals surface area (Å²) in [6.07, 6.45) is 0.349. The number of nitrogens with one attached hydrogen (secondary N) is 1. The normalized spacial score (nSPS) is 18.5. The van der Waals surface area contributed by atoms with Crippen molar-refractivity contribution in [2.45, 2.75) is 12.5 Å². The summed E-state index contributed by atoms with van der Waals surface area (Å²) in [6, 6.07) is 4.87. The van der Waals surface area contributed by atoms with Crippen LogP contribution in [-0.4, -0.2) is 49.6 Å². The van der Waals surface area contributed by atoms with Gasteiger partial charge in [-0.05, 0) is 24.6 Å². The number of halogens is 2. The molecule has 21 heavy (non-hydrogen) atoms. The highest BCUT2D eigenvalue weighted by molar-refractivity contribution is 6.42. The molecule has 0 spiro atoms. The van der Waals surface area contributed by atoms with Crippen LogP contribution < -0.4 is 5.32 Å². The predicted molar refractivity (Wildman–Crippen MR) is 81.2 cm³/mol. The van der Waals surface area contributed by atoms with Gasteiger partial charge in [0.05, 0.1) is 23.7 Å². The molecule has 1 atom stereocenters. The fourth-order valence-corrected chi connectivity index (χ4v) is 2.58. The summed E-state index contributed by atoms with van der Waals surface area (Å²) < 4.78 is 4.56. The Kier molecular flexibility index (Phi) is 5.45. The van der Waals surface area contributed by atoms with E-state index in [2.05, 4.69) is 10.1 Å². The minimum absolute atomic E-state index is 0.0130. The Bertz CT molecular complexity index is 551. The van der Waals surface area contributed by atoms with Crippen molar-refractivity contribution in [2.24, 2.45) is 0 Å². The average Bonchev–Trinajstić information content (AvgIpc) is 2.88. The second kappa shape index (κ2) is 7.11. The van der Waals surface area contributed by atoms with Crippen LogP contribution in [0.3, 0.4) is 0 Å². The highest BCUT2D eigenvalue weighted by Crippen LogP contribution is 2.23. The van der Waals surface area contributed by atoms with E-state index in [9.17, 15) is 9.59 Å². The Morgan fingerprint density at radius 2 is 2.14 bits per heavy atom. The molecular formula is C14H16Cl2N2O3. The number of hydrogen-bond acceptors (Lipinski definition) is 4. The van der Waals surface area contributed by atoms with Crippen molar-refractivity contribution in [3.8, 4) is 0 Å². The first-order valence-electron chi connectivity index (χ1n) is 6.54. The topological polar surface area (TPSA) is 58.6 Å². The highest BCUT2D eigenvalue weighted by atomic mass is 35.5. The third kappa shape index (κ3) is 4.33. The van der Waals surface area contributed by atoms with Gasteiger partial charge >= 0.3 is 6.09 Å². The average molecular weight is 331 g/mol.